The fourth-order valence-corrected chi connectivity index (χ4v) is 2.72. The number of hydrogen-bond acceptors (Lipinski definition) is 3. The molecule has 2 unspecified atom stereocenters. The Balaban J connectivity index is 1.62. The van der Waals surface area contributed by atoms with E-state index in [1.54, 1.807) is 0 Å². The van der Waals surface area contributed by atoms with Crippen molar-refractivity contribution in [2.45, 2.75) is 25.4 Å². The van der Waals surface area contributed by atoms with Crippen LogP contribution in [0.2, 0.25) is 5.02 Å². The largest absolute Gasteiger partial charge is 0.325 e. The third kappa shape index (κ3) is 3.47. The van der Waals surface area contributed by atoms with E-state index >= 15 is 0 Å². The maximum atomic E-state index is 12.3. The third-order valence-corrected chi connectivity index (χ3v) is 4.03. The van der Waals surface area contributed by atoms with E-state index in [-0.39, 0.29) is 18.0 Å². The van der Waals surface area contributed by atoms with Crippen molar-refractivity contribution in [2.24, 2.45) is 0 Å². The Kier molecular flexibility index (Phi) is 4.43. The van der Waals surface area contributed by atoms with Gasteiger partial charge < -0.3 is 5.32 Å². The number of carbonyl (C=O) groups is 1. The molecule has 1 fully saturated rings. The van der Waals surface area contributed by atoms with Gasteiger partial charge in [-0.05, 0) is 48.7 Å². The first-order valence-electron chi connectivity index (χ1n) is 7.26. The van der Waals surface area contributed by atoms with Crippen LogP contribution < -0.4 is 16.2 Å². The van der Waals surface area contributed by atoms with Crippen LogP contribution in [0.15, 0.2) is 48.5 Å². The van der Waals surface area contributed by atoms with Gasteiger partial charge in [0.15, 0.2) is 0 Å². The molecule has 3 rings (SSSR count). The Hall–Kier alpha value is -1.88. The molecule has 1 saturated heterocycles. The van der Waals surface area contributed by atoms with Crippen LogP contribution in [0.3, 0.4) is 0 Å². The predicted octanol–water partition coefficient (Wildman–Crippen LogP) is 3.19. The number of rotatable bonds is 3. The highest BCUT2D eigenvalue weighted by atomic mass is 35.5. The molecule has 4 nitrogen and oxygen atoms in total. The number of benzene rings is 2. The zero-order valence-corrected chi connectivity index (χ0v) is 13.0. The molecule has 22 heavy (non-hydrogen) atoms. The van der Waals surface area contributed by atoms with Crippen LogP contribution in [0.4, 0.5) is 5.69 Å². The Morgan fingerprint density at radius 3 is 2.68 bits per heavy atom. The summed E-state index contributed by atoms with van der Waals surface area (Å²) in [4.78, 5) is 12.3. The number of hydrazine groups is 1. The summed E-state index contributed by atoms with van der Waals surface area (Å²) in [5, 5.41) is 3.65. The van der Waals surface area contributed by atoms with Crippen LogP contribution in [0.1, 0.15) is 23.6 Å². The summed E-state index contributed by atoms with van der Waals surface area (Å²) in [6.07, 6.45) is 0.694. The van der Waals surface area contributed by atoms with Gasteiger partial charge in [-0.25, -0.2) is 10.9 Å². The highest BCUT2D eigenvalue weighted by Gasteiger charge is 2.30. The summed E-state index contributed by atoms with van der Waals surface area (Å²) in [5.74, 6) is -0.0328. The number of anilines is 1. The summed E-state index contributed by atoms with van der Waals surface area (Å²) in [5.41, 5.74) is 9.28. The van der Waals surface area contributed by atoms with Crippen molar-refractivity contribution in [3.8, 4) is 0 Å². The summed E-state index contributed by atoms with van der Waals surface area (Å²) in [6, 6.07) is 15.3. The van der Waals surface area contributed by atoms with E-state index in [4.69, 9.17) is 11.6 Å². The minimum atomic E-state index is -0.263. The maximum absolute atomic E-state index is 12.3. The fourth-order valence-electron chi connectivity index (χ4n) is 2.59. The molecule has 0 aliphatic carbocycles. The SMILES string of the molecule is Cc1cccc(NC(=O)C2CC(c3ccc(Cl)cc3)NN2)c1. The lowest BCUT2D eigenvalue weighted by atomic mass is 10.0. The van der Waals surface area contributed by atoms with Gasteiger partial charge in [-0.15, -0.1) is 0 Å². The van der Waals surface area contributed by atoms with Crippen LogP contribution in [-0.2, 0) is 4.79 Å². The van der Waals surface area contributed by atoms with Crippen molar-refractivity contribution in [1.29, 1.82) is 0 Å². The number of nitrogens with one attached hydrogen (secondary N) is 3. The van der Waals surface area contributed by atoms with E-state index in [0.29, 0.717) is 11.4 Å². The second-order valence-electron chi connectivity index (χ2n) is 5.54. The maximum Gasteiger partial charge on any atom is 0.242 e. The molecule has 1 amide bonds. The molecule has 1 aliphatic rings. The molecule has 0 radical (unpaired) electrons. The number of amides is 1. The highest BCUT2D eigenvalue weighted by Crippen LogP contribution is 2.24. The molecule has 2 aromatic rings. The highest BCUT2D eigenvalue weighted by molar-refractivity contribution is 6.30. The summed E-state index contributed by atoms with van der Waals surface area (Å²) in [7, 11) is 0. The van der Waals surface area contributed by atoms with Crippen LogP contribution >= 0.6 is 11.6 Å². The normalized spacial score (nSPS) is 20.8. The number of carbonyl (C=O) groups excluding carboxylic acids is 1. The van der Waals surface area contributed by atoms with Gasteiger partial charge in [0.2, 0.25) is 5.91 Å². The second kappa shape index (κ2) is 6.48. The minimum Gasteiger partial charge on any atom is -0.325 e. The standard InChI is InChI=1S/C17H18ClN3O/c1-11-3-2-4-14(9-11)19-17(22)16-10-15(20-21-16)12-5-7-13(18)8-6-12/h2-9,15-16,20-21H,10H2,1H3,(H,19,22). The fraction of sp³-hybridized carbons (Fsp3) is 0.235. The van der Waals surface area contributed by atoms with Gasteiger partial charge in [-0.2, -0.15) is 0 Å². The van der Waals surface area contributed by atoms with Crippen molar-refractivity contribution in [3.63, 3.8) is 0 Å². The number of aryl methyl sites for hydroxylation is 1. The number of hydrogen-bond donors (Lipinski definition) is 3. The van der Waals surface area contributed by atoms with E-state index in [2.05, 4.69) is 16.2 Å². The first-order chi connectivity index (χ1) is 10.6. The Morgan fingerprint density at radius 1 is 1.18 bits per heavy atom. The van der Waals surface area contributed by atoms with E-state index in [9.17, 15) is 4.79 Å². The van der Waals surface area contributed by atoms with Crippen molar-refractivity contribution >= 4 is 23.2 Å². The molecule has 114 valence electrons. The van der Waals surface area contributed by atoms with Crippen molar-refractivity contribution in [1.82, 2.24) is 10.9 Å². The molecule has 2 aromatic carbocycles. The lowest BCUT2D eigenvalue weighted by Crippen LogP contribution is -2.39. The molecule has 0 bridgehead atoms. The van der Waals surface area contributed by atoms with Crippen LogP contribution in [0, 0.1) is 6.92 Å². The quantitative estimate of drug-likeness (QED) is 0.815. The van der Waals surface area contributed by atoms with Crippen LogP contribution in [-0.4, -0.2) is 11.9 Å². The monoisotopic (exact) mass is 315 g/mol. The molecule has 1 heterocycles. The van der Waals surface area contributed by atoms with Crippen molar-refractivity contribution in [2.75, 3.05) is 5.32 Å². The average molecular weight is 316 g/mol. The topological polar surface area (TPSA) is 53.2 Å². The molecule has 0 saturated carbocycles. The summed E-state index contributed by atoms with van der Waals surface area (Å²) >= 11 is 5.90. The minimum absolute atomic E-state index is 0.0328. The molecule has 3 N–H and O–H groups in total. The van der Waals surface area contributed by atoms with Crippen LogP contribution in [0.5, 0.6) is 0 Å². The summed E-state index contributed by atoms with van der Waals surface area (Å²) in [6.45, 7) is 2.00. The van der Waals surface area contributed by atoms with Gasteiger partial charge in [0.05, 0.1) is 0 Å². The Bertz CT molecular complexity index is 672. The first-order valence-corrected chi connectivity index (χ1v) is 7.64. The third-order valence-electron chi connectivity index (χ3n) is 3.78. The van der Waals surface area contributed by atoms with Gasteiger partial charge in [0, 0.05) is 16.8 Å². The Labute approximate surface area is 134 Å². The smallest absolute Gasteiger partial charge is 0.242 e. The van der Waals surface area contributed by atoms with E-state index < -0.39 is 0 Å². The molecule has 1 aliphatic heterocycles. The first kappa shape index (κ1) is 15.0. The Morgan fingerprint density at radius 2 is 1.95 bits per heavy atom. The predicted molar refractivity (Wildman–Crippen MR) is 88.7 cm³/mol. The van der Waals surface area contributed by atoms with Gasteiger partial charge in [-0.1, -0.05) is 35.9 Å². The lowest BCUT2D eigenvalue weighted by molar-refractivity contribution is -0.117. The van der Waals surface area contributed by atoms with E-state index in [1.807, 2.05) is 55.5 Å². The zero-order chi connectivity index (χ0) is 15.5. The summed E-state index contributed by atoms with van der Waals surface area (Å²) < 4.78 is 0. The van der Waals surface area contributed by atoms with Gasteiger partial charge in [0.1, 0.15) is 6.04 Å². The van der Waals surface area contributed by atoms with Crippen molar-refractivity contribution in [3.05, 3.63) is 64.7 Å². The lowest BCUT2D eigenvalue weighted by Gasteiger charge is -2.11. The van der Waals surface area contributed by atoms with Crippen molar-refractivity contribution < 1.29 is 4.79 Å². The zero-order valence-electron chi connectivity index (χ0n) is 12.3. The van der Waals surface area contributed by atoms with E-state index in [1.165, 1.54) is 0 Å². The van der Waals surface area contributed by atoms with Crippen LogP contribution in [0.25, 0.3) is 0 Å². The van der Waals surface area contributed by atoms with Gasteiger partial charge in [-0.3, -0.25) is 4.79 Å². The molecule has 5 heteroatoms. The molecular weight excluding hydrogens is 298 g/mol. The van der Waals surface area contributed by atoms with E-state index in [0.717, 1.165) is 16.8 Å². The van der Waals surface area contributed by atoms with Gasteiger partial charge >= 0.3 is 0 Å². The second-order valence-corrected chi connectivity index (χ2v) is 5.98. The molecule has 0 aromatic heterocycles. The average Bonchev–Trinajstić information content (AvgIpc) is 2.98. The number of halogens is 1. The molecule has 0 spiro atoms. The molecular formula is C17H18ClN3O. The van der Waals surface area contributed by atoms with Gasteiger partial charge in [0.25, 0.3) is 0 Å². The molecule has 2 atom stereocenters.